The molecule has 1 aromatic carbocycles. The molecule has 68 valence electrons. The van der Waals surface area contributed by atoms with Gasteiger partial charge in [-0.1, -0.05) is 18.2 Å². The lowest BCUT2D eigenvalue weighted by atomic mass is 10.4. The van der Waals surface area contributed by atoms with Gasteiger partial charge in [0.05, 0.1) is 4.90 Å². The number of hydrogen-bond acceptors (Lipinski definition) is 5. The van der Waals surface area contributed by atoms with E-state index in [-0.39, 0.29) is 15.9 Å². The van der Waals surface area contributed by atoms with Crippen LogP contribution in [0, 0.1) is 0 Å². The van der Waals surface area contributed by atoms with Crippen molar-refractivity contribution in [1.82, 2.24) is 0 Å². The molecule has 0 bridgehead atoms. The number of nitrogens with zero attached hydrogens (tertiary/aromatic N) is 1. The Hall–Kier alpha value is -1.10. The molecule has 0 aliphatic rings. The van der Waals surface area contributed by atoms with Crippen LogP contribution in [0.5, 0.6) is 0 Å². The third kappa shape index (κ3) is 2.69. The van der Waals surface area contributed by atoms with Crippen molar-refractivity contribution in [3.8, 4) is 0 Å². The molecule has 0 spiro atoms. The van der Waals surface area contributed by atoms with Crippen LogP contribution >= 0.6 is 11.0 Å². The van der Waals surface area contributed by atoms with Crippen LogP contribution in [-0.4, -0.2) is 14.5 Å². The second-order valence-corrected chi connectivity index (χ2v) is 5.50. The van der Waals surface area contributed by atoms with Crippen molar-refractivity contribution < 1.29 is 13.2 Å². The number of hydrogen-bond donors (Lipinski definition) is 0. The first-order chi connectivity index (χ1) is 6.17. The van der Waals surface area contributed by atoms with Gasteiger partial charge in [0.15, 0.2) is 0 Å². The fourth-order valence-electron chi connectivity index (χ4n) is 0.694. The van der Waals surface area contributed by atoms with Gasteiger partial charge in [-0.2, -0.15) is 0 Å². The van der Waals surface area contributed by atoms with Crippen molar-refractivity contribution in [3.63, 3.8) is 0 Å². The highest BCUT2D eigenvalue weighted by Gasteiger charge is 2.13. The van der Waals surface area contributed by atoms with Gasteiger partial charge in [-0.15, -0.1) is 4.40 Å². The molecule has 0 N–H and O–H groups in total. The number of rotatable bonds is 3. The molecule has 0 unspecified atom stereocenters. The Labute approximate surface area is 79.1 Å². The minimum absolute atomic E-state index is 0.124. The minimum Gasteiger partial charge on any atom is -0.210 e. The van der Waals surface area contributed by atoms with Gasteiger partial charge in [0.25, 0.3) is 8.87 Å². The molecule has 0 fully saturated rings. The molecule has 1 aromatic rings. The van der Waals surface area contributed by atoms with E-state index < -0.39 is 8.87 Å². The average molecular weight is 215 g/mol. The van der Waals surface area contributed by atoms with Crippen molar-refractivity contribution in [2.24, 2.45) is 4.40 Å². The van der Waals surface area contributed by atoms with Crippen LogP contribution in [0.25, 0.3) is 0 Å². The van der Waals surface area contributed by atoms with Crippen LogP contribution in [0.2, 0.25) is 0 Å². The van der Waals surface area contributed by atoms with Crippen LogP contribution in [0.4, 0.5) is 0 Å². The van der Waals surface area contributed by atoms with E-state index in [0.717, 1.165) is 6.08 Å². The average Bonchev–Trinajstić information content (AvgIpc) is 2.16. The monoisotopic (exact) mass is 215 g/mol. The van der Waals surface area contributed by atoms with E-state index in [0.29, 0.717) is 0 Å². The van der Waals surface area contributed by atoms with E-state index >= 15 is 0 Å². The summed E-state index contributed by atoms with van der Waals surface area (Å²) in [5, 5.41) is 0. The number of benzene rings is 1. The summed E-state index contributed by atoms with van der Waals surface area (Å²) in [5.74, 6) is 0. The lowest BCUT2D eigenvalue weighted by Crippen LogP contribution is -1.92. The zero-order valence-corrected chi connectivity index (χ0v) is 8.01. The standard InChI is InChI=1S/C7H5NO3S2/c9-6-8-12-13(10,11)7-4-2-1-3-5-7/h1-5H. The molecular weight excluding hydrogens is 210 g/mol. The van der Waals surface area contributed by atoms with E-state index in [1.807, 2.05) is 0 Å². The molecule has 0 aliphatic heterocycles. The Morgan fingerprint density at radius 2 is 1.85 bits per heavy atom. The predicted octanol–water partition coefficient (Wildman–Crippen LogP) is 1.36. The minimum atomic E-state index is -3.53. The van der Waals surface area contributed by atoms with Crippen molar-refractivity contribution in [1.29, 1.82) is 0 Å². The van der Waals surface area contributed by atoms with Crippen molar-refractivity contribution in [2.45, 2.75) is 4.90 Å². The zero-order valence-electron chi connectivity index (χ0n) is 6.38. The summed E-state index contributed by atoms with van der Waals surface area (Å²) in [5.41, 5.74) is 0. The summed E-state index contributed by atoms with van der Waals surface area (Å²) in [6, 6.07) is 7.76. The Balaban J connectivity index is 3.02. The Morgan fingerprint density at radius 3 is 2.38 bits per heavy atom. The van der Waals surface area contributed by atoms with Gasteiger partial charge in [0, 0.05) is 0 Å². The van der Waals surface area contributed by atoms with Crippen LogP contribution in [0.15, 0.2) is 39.6 Å². The summed E-state index contributed by atoms with van der Waals surface area (Å²) in [7, 11) is -3.33. The van der Waals surface area contributed by atoms with Gasteiger partial charge in [0.2, 0.25) is 6.08 Å². The van der Waals surface area contributed by atoms with E-state index in [1.165, 1.54) is 12.1 Å². The molecule has 4 nitrogen and oxygen atoms in total. The van der Waals surface area contributed by atoms with Gasteiger partial charge >= 0.3 is 0 Å². The van der Waals surface area contributed by atoms with Crippen molar-refractivity contribution in [2.75, 3.05) is 0 Å². The maximum atomic E-state index is 11.3. The van der Waals surface area contributed by atoms with E-state index in [4.69, 9.17) is 0 Å². The van der Waals surface area contributed by atoms with Crippen molar-refractivity contribution in [3.05, 3.63) is 30.3 Å². The fourth-order valence-corrected chi connectivity index (χ4v) is 2.38. The molecular formula is C7H5NO3S2. The molecule has 6 heteroatoms. The first-order valence-corrected chi connectivity index (χ1v) is 6.00. The Bertz CT molecular complexity index is 420. The molecule has 0 saturated carbocycles. The molecule has 0 saturated heterocycles. The maximum absolute atomic E-state index is 11.3. The number of isocyanates is 1. The molecule has 1 rings (SSSR count). The van der Waals surface area contributed by atoms with Crippen LogP contribution < -0.4 is 0 Å². The Kier molecular flexibility index (Phi) is 3.25. The fraction of sp³-hybridized carbons (Fsp3) is 0. The molecule has 0 atom stereocenters. The second-order valence-electron chi connectivity index (χ2n) is 2.02. The summed E-state index contributed by atoms with van der Waals surface area (Å²) >= 11 is 0. The highest BCUT2D eigenvalue weighted by Crippen LogP contribution is 2.22. The highest BCUT2D eigenvalue weighted by atomic mass is 33.1. The predicted molar refractivity (Wildman–Crippen MR) is 49.3 cm³/mol. The largest absolute Gasteiger partial charge is 0.251 e. The Morgan fingerprint density at radius 1 is 1.23 bits per heavy atom. The van der Waals surface area contributed by atoms with Gasteiger partial charge < -0.3 is 0 Å². The summed E-state index contributed by atoms with van der Waals surface area (Å²) in [4.78, 5) is 9.83. The van der Waals surface area contributed by atoms with E-state index in [1.54, 1.807) is 18.2 Å². The first kappa shape index (κ1) is 9.98. The van der Waals surface area contributed by atoms with Crippen LogP contribution in [-0.2, 0) is 13.7 Å². The normalized spacial score (nSPS) is 10.5. The van der Waals surface area contributed by atoms with Gasteiger partial charge in [-0.05, 0) is 12.1 Å². The SMILES string of the molecule is O=C=NSS(=O)(=O)c1ccccc1. The molecule has 0 amide bonds. The third-order valence-electron chi connectivity index (χ3n) is 1.20. The van der Waals surface area contributed by atoms with E-state index in [9.17, 15) is 13.2 Å². The van der Waals surface area contributed by atoms with Gasteiger partial charge in [-0.3, -0.25) is 0 Å². The molecule has 13 heavy (non-hydrogen) atoms. The summed E-state index contributed by atoms with van der Waals surface area (Å²) in [6.07, 6.45) is 1.15. The maximum Gasteiger partial charge on any atom is 0.251 e. The number of carbonyl (C=O) groups excluding carboxylic acids is 1. The first-order valence-electron chi connectivity index (χ1n) is 3.23. The highest BCUT2D eigenvalue weighted by molar-refractivity contribution is 8.71. The quantitative estimate of drug-likeness (QED) is 0.330. The van der Waals surface area contributed by atoms with Crippen LogP contribution in [0.3, 0.4) is 0 Å². The summed E-state index contributed by atoms with van der Waals surface area (Å²) < 4.78 is 25.5. The zero-order chi connectivity index (χ0) is 9.73. The lowest BCUT2D eigenvalue weighted by Gasteiger charge is -1.96. The molecule has 0 heterocycles. The van der Waals surface area contributed by atoms with E-state index in [2.05, 4.69) is 4.40 Å². The lowest BCUT2D eigenvalue weighted by molar-refractivity contribution is 0.566. The van der Waals surface area contributed by atoms with Gasteiger partial charge in [0.1, 0.15) is 11.0 Å². The molecule has 0 aromatic heterocycles. The smallest absolute Gasteiger partial charge is 0.210 e. The van der Waals surface area contributed by atoms with Crippen LogP contribution in [0.1, 0.15) is 0 Å². The van der Waals surface area contributed by atoms with Gasteiger partial charge in [-0.25, -0.2) is 13.2 Å². The molecule has 0 radical (unpaired) electrons. The van der Waals surface area contributed by atoms with Crippen molar-refractivity contribution >= 4 is 25.9 Å². The topological polar surface area (TPSA) is 63.6 Å². The molecule has 0 aliphatic carbocycles. The summed E-state index contributed by atoms with van der Waals surface area (Å²) in [6.45, 7) is 0. The third-order valence-corrected chi connectivity index (χ3v) is 3.79. The second kappa shape index (κ2) is 4.23.